The molecule has 1 amide bonds. The molecule has 212 valence electrons. The van der Waals surface area contributed by atoms with Gasteiger partial charge in [0.2, 0.25) is 5.88 Å². The minimum Gasteiger partial charge on any atom is -0.474 e. The van der Waals surface area contributed by atoms with Gasteiger partial charge in [0.15, 0.2) is 5.65 Å². The standard InChI is InChI=1S/C31H35N7O3/c1-22-17-27(7-5-25(22)21-37-13-11-36(3)12-14-37)34-31(39)26-18-24(23(2)32-19-26)6-8-28-20-33-29-9-10-30(35-38(28)29)41-16-15-40-4/h5,7,9-10,17-20H,11-16,21H2,1-4H3,(H,34,39). The average molecular weight is 554 g/mol. The maximum atomic E-state index is 13.1. The van der Waals surface area contributed by atoms with Gasteiger partial charge in [-0.1, -0.05) is 12.0 Å². The zero-order valence-corrected chi connectivity index (χ0v) is 24.0. The normalized spacial score (nSPS) is 14.0. The second-order valence-electron chi connectivity index (χ2n) is 10.2. The molecule has 0 spiro atoms. The molecule has 4 aromatic rings. The van der Waals surface area contributed by atoms with E-state index in [4.69, 9.17) is 9.47 Å². The highest BCUT2D eigenvalue weighted by atomic mass is 16.5. The van der Waals surface area contributed by atoms with E-state index in [0.29, 0.717) is 41.6 Å². The number of aryl methyl sites for hydroxylation is 2. The summed E-state index contributed by atoms with van der Waals surface area (Å²) in [5, 5.41) is 7.48. The van der Waals surface area contributed by atoms with Crippen LogP contribution in [0.4, 0.5) is 5.69 Å². The molecule has 1 saturated heterocycles. The number of imidazole rings is 1. The molecule has 0 unspecified atom stereocenters. The fourth-order valence-corrected chi connectivity index (χ4v) is 4.56. The van der Waals surface area contributed by atoms with Crippen LogP contribution in [0.3, 0.4) is 0 Å². The number of pyridine rings is 1. The number of likely N-dealkylation sites (N-methyl/N-ethyl adjacent to an activating group) is 1. The molecule has 3 aromatic heterocycles. The number of nitrogens with zero attached hydrogens (tertiary/aromatic N) is 6. The molecule has 0 bridgehead atoms. The molecule has 1 aliphatic heterocycles. The van der Waals surface area contributed by atoms with Gasteiger partial charge in [-0.2, -0.15) is 0 Å². The van der Waals surface area contributed by atoms with E-state index in [1.807, 2.05) is 25.1 Å². The summed E-state index contributed by atoms with van der Waals surface area (Å²) in [6.07, 6.45) is 3.23. The minimum atomic E-state index is -0.235. The van der Waals surface area contributed by atoms with Gasteiger partial charge in [-0.3, -0.25) is 14.7 Å². The first-order valence-corrected chi connectivity index (χ1v) is 13.7. The first kappa shape index (κ1) is 28.2. The van der Waals surface area contributed by atoms with E-state index in [0.717, 1.165) is 49.7 Å². The average Bonchev–Trinajstić information content (AvgIpc) is 3.37. The lowest BCUT2D eigenvalue weighted by atomic mass is 10.1. The summed E-state index contributed by atoms with van der Waals surface area (Å²) in [4.78, 5) is 26.7. The van der Waals surface area contributed by atoms with E-state index in [9.17, 15) is 4.79 Å². The zero-order valence-electron chi connectivity index (χ0n) is 24.0. The molecule has 0 radical (unpaired) electrons. The van der Waals surface area contributed by atoms with Crippen molar-refractivity contribution in [3.63, 3.8) is 0 Å². The summed E-state index contributed by atoms with van der Waals surface area (Å²) in [7, 11) is 3.78. The number of anilines is 1. The Bertz CT molecular complexity index is 1600. The highest BCUT2D eigenvalue weighted by Crippen LogP contribution is 2.19. The van der Waals surface area contributed by atoms with Crippen molar-refractivity contribution in [3.05, 3.63) is 82.4 Å². The van der Waals surface area contributed by atoms with E-state index in [1.165, 1.54) is 5.56 Å². The molecule has 1 aromatic carbocycles. The van der Waals surface area contributed by atoms with E-state index < -0.39 is 0 Å². The number of rotatable bonds is 8. The smallest absolute Gasteiger partial charge is 0.257 e. The first-order chi connectivity index (χ1) is 19.9. The molecule has 1 fully saturated rings. The molecule has 41 heavy (non-hydrogen) atoms. The van der Waals surface area contributed by atoms with E-state index in [1.54, 1.807) is 36.2 Å². The number of fused-ring (bicyclic) bond motifs is 1. The van der Waals surface area contributed by atoms with Crippen LogP contribution in [0.25, 0.3) is 5.65 Å². The summed E-state index contributed by atoms with van der Waals surface area (Å²) in [5.74, 6) is 6.47. The molecule has 1 N–H and O–H groups in total. The lowest BCUT2D eigenvalue weighted by molar-refractivity contribution is 0.102. The van der Waals surface area contributed by atoms with Crippen LogP contribution in [-0.4, -0.2) is 88.8 Å². The Morgan fingerprint density at radius 3 is 2.61 bits per heavy atom. The molecule has 1 aliphatic rings. The number of carbonyl (C=O) groups is 1. The number of amides is 1. The number of benzene rings is 1. The zero-order chi connectivity index (χ0) is 28.8. The fourth-order valence-electron chi connectivity index (χ4n) is 4.56. The van der Waals surface area contributed by atoms with Crippen molar-refractivity contribution in [2.45, 2.75) is 20.4 Å². The number of carbonyl (C=O) groups excluding carboxylic acids is 1. The topological polar surface area (TPSA) is 97.1 Å². The Hall–Kier alpha value is -4.30. The number of hydrogen-bond acceptors (Lipinski definition) is 8. The predicted octanol–water partition coefficient (Wildman–Crippen LogP) is 3.17. The highest BCUT2D eigenvalue weighted by molar-refractivity contribution is 6.04. The number of methoxy groups -OCH3 is 1. The van der Waals surface area contributed by atoms with Crippen molar-refractivity contribution in [2.75, 3.05) is 58.9 Å². The van der Waals surface area contributed by atoms with Gasteiger partial charge < -0.3 is 19.7 Å². The van der Waals surface area contributed by atoms with Crippen LogP contribution >= 0.6 is 0 Å². The van der Waals surface area contributed by atoms with Crippen molar-refractivity contribution in [3.8, 4) is 17.7 Å². The molecule has 4 heterocycles. The minimum absolute atomic E-state index is 0.235. The molecular weight excluding hydrogens is 518 g/mol. The third kappa shape index (κ3) is 7.08. The Kier molecular flexibility index (Phi) is 8.89. The Morgan fingerprint density at radius 1 is 1.00 bits per heavy atom. The third-order valence-corrected chi connectivity index (χ3v) is 7.14. The molecule has 0 aliphatic carbocycles. The fraction of sp³-hybridized carbons (Fsp3) is 0.355. The van der Waals surface area contributed by atoms with Gasteiger partial charge >= 0.3 is 0 Å². The lowest BCUT2D eigenvalue weighted by Gasteiger charge is -2.32. The molecule has 0 atom stereocenters. The Morgan fingerprint density at radius 2 is 1.83 bits per heavy atom. The van der Waals surface area contributed by atoms with Crippen molar-refractivity contribution in [1.29, 1.82) is 0 Å². The first-order valence-electron chi connectivity index (χ1n) is 13.7. The molecule has 0 saturated carbocycles. The Labute approximate surface area is 240 Å². The number of nitrogens with one attached hydrogen (secondary N) is 1. The molecule has 5 rings (SSSR count). The van der Waals surface area contributed by atoms with Crippen molar-refractivity contribution in [2.24, 2.45) is 0 Å². The quantitative estimate of drug-likeness (QED) is 0.263. The maximum absolute atomic E-state index is 13.1. The summed E-state index contributed by atoms with van der Waals surface area (Å²) >= 11 is 0. The molecule has 10 heteroatoms. The number of aromatic nitrogens is 4. The van der Waals surface area contributed by atoms with Crippen LogP contribution in [0.15, 0.2) is 48.8 Å². The van der Waals surface area contributed by atoms with Gasteiger partial charge in [-0.05, 0) is 62.2 Å². The van der Waals surface area contributed by atoms with E-state index >= 15 is 0 Å². The van der Waals surface area contributed by atoms with Crippen molar-refractivity contribution in [1.82, 2.24) is 29.4 Å². The van der Waals surface area contributed by atoms with Crippen molar-refractivity contribution < 1.29 is 14.3 Å². The largest absolute Gasteiger partial charge is 0.474 e. The van der Waals surface area contributed by atoms with Gasteiger partial charge in [0.1, 0.15) is 12.3 Å². The van der Waals surface area contributed by atoms with E-state index in [2.05, 4.69) is 62.1 Å². The number of ether oxygens (including phenoxy) is 2. The third-order valence-electron chi connectivity index (χ3n) is 7.14. The van der Waals surface area contributed by atoms with Crippen LogP contribution < -0.4 is 10.1 Å². The lowest BCUT2D eigenvalue weighted by Crippen LogP contribution is -2.43. The van der Waals surface area contributed by atoms with E-state index in [-0.39, 0.29) is 5.91 Å². The summed E-state index contributed by atoms with van der Waals surface area (Å²) in [6, 6.07) is 11.4. The van der Waals surface area contributed by atoms with Crippen LogP contribution in [-0.2, 0) is 11.3 Å². The second-order valence-corrected chi connectivity index (χ2v) is 10.2. The maximum Gasteiger partial charge on any atom is 0.257 e. The molecule has 10 nitrogen and oxygen atoms in total. The van der Waals surface area contributed by atoms with Gasteiger partial charge in [0.25, 0.3) is 5.91 Å². The number of piperazine rings is 1. The van der Waals surface area contributed by atoms with Gasteiger partial charge in [-0.15, -0.1) is 5.10 Å². The Balaban J connectivity index is 1.28. The summed E-state index contributed by atoms with van der Waals surface area (Å²) in [5.41, 5.74) is 6.25. The van der Waals surface area contributed by atoms with Crippen LogP contribution in [0.2, 0.25) is 0 Å². The highest BCUT2D eigenvalue weighted by Gasteiger charge is 2.15. The van der Waals surface area contributed by atoms with Crippen molar-refractivity contribution >= 4 is 17.2 Å². The number of hydrogen-bond donors (Lipinski definition) is 1. The summed E-state index contributed by atoms with van der Waals surface area (Å²) < 4.78 is 12.3. The van der Waals surface area contributed by atoms with Crippen LogP contribution in [0.1, 0.15) is 38.4 Å². The van der Waals surface area contributed by atoms with Gasteiger partial charge in [0.05, 0.1) is 24.1 Å². The van der Waals surface area contributed by atoms with Gasteiger partial charge in [0, 0.05) is 63.3 Å². The monoisotopic (exact) mass is 553 g/mol. The molecular formula is C31H35N7O3. The SMILES string of the molecule is COCCOc1ccc2ncc(C#Cc3cc(C(=O)Nc4ccc(CN5CCN(C)CC5)c(C)c4)cnc3C)n2n1. The second kappa shape index (κ2) is 12.9. The van der Waals surface area contributed by atoms with Crippen LogP contribution in [0, 0.1) is 25.7 Å². The van der Waals surface area contributed by atoms with Crippen LogP contribution in [0.5, 0.6) is 5.88 Å². The van der Waals surface area contributed by atoms with Gasteiger partial charge in [-0.25, -0.2) is 9.50 Å². The predicted molar refractivity (Wildman–Crippen MR) is 157 cm³/mol. The summed E-state index contributed by atoms with van der Waals surface area (Å²) in [6.45, 7) is 10.0.